The van der Waals surface area contributed by atoms with Gasteiger partial charge in [0.1, 0.15) is 12.4 Å². The molecule has 2 N–H and O–H groups in total. The standard InChI is InChI=1S/C16H25N3O3S/c1-18-8-6-13-7-9-19(16(13)12-18)10-11-22-14-2-4-15(5-3-14)23(17,20)21/h2-5,13,16H,6-12H2,1H3,(H2,17,20,21)/t13-,16-/m0/s1. The third-order valence-corrected chi connectivity index (χ3v) is 5.91. The molecule has 0 saturated carbocycles. The van der Waals surface area contributed by atoms with Crippen LogP contribution in [-0.2, 0) is 10.0 Å². The van der Waals surface area contributed by atoms with Crippen molar-refractivity contribution < 1.29 is 13.2 Å². The lowest BCUT2D eigenvalue weighted by Crippen LogP contribution is -2.47. The van der Waals surface area contributed by atoms with Crippen LogP contribution < -0.4 is 9.88 Å². The van der Waals surface area contributed by atoms with Crippen LogP contribution in [0.3, 0.4) is 0 Å². The molecule has 2 heterocycles. The van der Waals surface area contributed by atoms with Gasteiger partial charge >= 0.3 is 0 Å². The molecule has 2 aliphatic heterocycles. The zero-order valence-corrected chi connectivity index (χ0v) is 14.3. The summed E-state index contributed by atoms with van der Waals surface area (Å²) in [6, 6.07) is 6.92. The number of sulfonamides is 1. The molecule has 2 aliphatic rings. The maximum Gasteiger partial charge on any atom is 0.238 e. The fourth-order valence-electron chi connectivity index (χ4n) is 3.67. The number of primary sulfonamides is 1. The smallest absolute Gasteiger partial charge is 0.238 e. The second-order valence-corrected chi connectivity index (χ2v) is 8.13. The Morgan fingerprint density at radius 2 is 1.91 bits per heavy atom. The van der Waals surface area contributed by atoms with E-state index in [4.69, 9.17) is 9.88 Å². The van der Waals surface area contributed by atoms with Crippen molar-refractivity contribution in [3.63, 3.8) is 0 Å². The van der Waals surface area contributed by atoms with E-state index in [1.165, 1.54) is 31.5 Å². The van der Waals surface area contributed by atoms with Crippen molar-refractivity contribution in [1.82, 2.24) is 9.80 Å². The number of likely N-dealkylation sites (tertiary alicyclic amines) is 2. The highest BCUT2D eigenvalue weighted by atomic mass is 32.2. The molecule has 2 atom stereocenters. The Kier molecular flexibility index (Phi) is 4.91. The summed E-state index contributed by atoms with van der Waals surface area (Å²) in [5, 5.41) is 5.08. The Hall–Kier alpha value is -1.15. The summed E-state index contributed by atoms with van der Waals surface area (Å²) in [5.74, 6) is 1.51. The van der Waals surface area contributed by atoms with Crippen molar-refractivity contribution in [1.29, 1.82) is 0 Å². The van der Waals surface area contributed by atoms with Crippen molar-refractivity contribution in [2.45, 2.75) is 23.8 Å². The SMILES string of the molecule is CN1CC[C@H]2CCN(CCOc3ccc(S(N)(=O)=O)cc3)[C@H]2C1. The Labute approximate surface area is 138 Å². The molecule has 0 unspecified atom stereocenters. The van der Waals surface area contributed by atoms with E-state index >= 15 is 0 Å². The molecule has 2 fully saturated rings. The number of likely N-dealkylation sites (N-methyl/N-ethyl adjacent to an activating group) is 1. The maximum absolute atomic E-state index is 11.2. The molecule has 1 aromatic rings. The van der Waals surface area contributed by atoms with E-state index in [1.807, 2.05) is 0 Å². The molecule has 0 amide bonds. The van der Waals surface area contributed by atoms with E-state index in [0.717, 1.165) is 25.6 Å². The van der Waals surface area contributed by atoms with Gasteiger partial charge in [0.05, 0.1) is 4.90 Å². The average Bonchev–Trinajstić information content (AvgIpc) is 2.89. The van der Waals surface area contributed by atoms with Gasteiger partial charge in [-0.25, -0.2) is 13.6 Å². The lowest BCUT2D eigenvalue weighted by molar-refractivity contribution is 0.110. The molecule has 6 nitrogen and oxygen atoms in total. The molecule has 0 aromatic heterocycles. The molecule has 0 bridgehead atoms. The van der Waals surface area contributed by atoms with E-state index in [-0.39, 0.29) is 4.90 Å². The van der Waals surface area contributed by atoms with Crippen molar-refractivity contribution in [3.05, 3.63) is 24.3 Å². The molecular formula is C16H25N3O3S. The van der Waals surface area contributed by atoms with Crippen LogP contribution in [0.5, 0.6) is 5.75 Å². The minimum absolute atomic E-state index is 0.109. The van der Waals surface area contributed by atoms with Gasteiger partial charge in [-0.05, 0) is 63.2 Å². The van der Waals surface area contributed by atoms with E-state index in [9.17, 15) is 8.42 Å². The Morgan fingerprint density at radius 3 is 2.61 bits per heavy atom. The Bertz CT molecular complexity index is 632. The van der Waals surface area contributed by atoms with Crippen LogP contribution >= 0.6 is 0 Å². The van der Waals surface area contributed by atoms with Crippen LogP contribution in [-0.4, -0.2) is 64.1 Å². The Morgan fingerprint density at radius 1 is 1.22 bits per heavy atom. The minimum atomic E-state index is -3.64. The highest BCUT2D eigenvalue weighted by molar-refractivity contribution is 7.89. The first-order valence-corrected chi connectivity index (χ1v) is 9.66. The van der Waals surface area contributed by atoms with Gasteiger partial charge in [0.25, 0.3) is 0 Å². The quantitative estimate of drug-likeness (QED) is 0.856. The van der Waals surface area contributed by atoms with Crippen molar-refractivity contribution in [2.24, 2.45) is 11.1 Å². The van der Waals surface area contributed by atoms with Crippen LogP contribution in [0.1, 0.15) is 12.8 Å². The van der Waals surface area contributed by atoms with Crippen molar-refractivity contribution >= 4 is 10.0 Å². The number of hydrogen-bond donors (Lipinski definition) is 1. The maximum atomic E-state index is 11.2. The molecule has 0 radical (unpaired) electrons. The van der Waals surface area contributed by atoms with E-state index < -0.39 is 10.0 Å². The van der Waals surface area contributed by atoms with Crippen LogP contribution in [0.2, 0.25) is 0 Å². The van der Waals surface area contributed by atoms with Crippen molar-refractivity contribution in [3.8, 4) is 5.75 Å². The van der Waals surface area contributed by atoms with E-state index in [1.54, 1.807) is 12.1 Å². The summed E-state index contributed by atoms with van der Waals surface area (Å²) in [4.78, 5) is 5.04. The highest BCUT2D eigenvalue weighted by Crippen LogP contribution is 2.30. The number of piperidine rings is 1. The van der Waals surface area contributed by atoms with E-state index in [2.05, 4.69) is 16.8 Å². The number of benzene rings is 1. The predicted molar refractivity (Wildman–Crippen MR) is 88.9 cm³/mol. The third kappa shape index (κ3) is 4.03. The van der Waals surface area contributed by atoms with Gasteiger partial charge in [-0.2, -0.15) is 0 Å². The first-order valence-electron chi connectivity index (χ1n) is 8.12. The molecular weight excluding hydrogens is 314 g/mol. The number of ether oxygens (including phenoxy) is 1. The zero-order valence-electron chi connectivity index (χ0n) is 13.5. The van der Waals surface area contributed by atoms with Crippen molar-refractivity contribution in [2.75, 3.05) is 39.8 Å². The fraction of sp³-hybridized carbons (Fsp3) is 0.625. The molecule has 0 aliphatic carbocycles. The topological polar surface area (TPSA) is 75.9 Å². The second kappa shape index (κ2) is 6.76. The molecule has 2 saturated heterocycles. The third-order valence-electron chi connectivity index (χ3n) is 4.98. The van der Waals surface area contributed by atoms with Crippen LogP contribution in [0.25, 0.3) is 0 Å². The van der Waals surface area contributed by atoms with Crippen LogP contribution in [0.15, 0.2) is 29.2 Å². The summed E-state index contributed by atoms with van der Waals surface area (Å²) < 4.78 is 28.2. The van der Waals surface area contributed by atoms with E-state index in [0.29, 0.717) is 18.4 Å². The van der Waals surface area contributed by atoms with Gasteiger partial charge in [0.15, 0.2) is 0 Å². The highest BCUT2D eigenvalue weighted by Gasteiger charge is 2.36. The molecule has 7 heteroatoms. The Balaban J connectivity index is 1.50. The number of hydrogen-bond acceptors (Lipinski definition) is 5. The molecule has 128 valence electrons. The first kappa shape index (κ1) is 16.7. The average molecular weight is 339 g/mol. The lowest BCUT2D eigenvalue weighted by atomic mass is 9.92. The van der Waals surface area contributed by atoms with Gasteiger partial charge in [0, 0.05) is 19.1 Å². The van der Waals surface area contributed by atoms with Crippen LogP contribution in [0, 0.1) is 5.92 Å². The second-order valence-electron chi connectivity index (χ2n) is 6.57. The van der Waals surface area contributed by atoms with Gasteiger partial charge in [-0.15, -0.1) is 0 Å². The molecule has 23 heavy (non-hydrogen) atoms. The summed E-state index contributed by atoms with van der Waals surface area (Å²) >= 11 is 0. The molecule has 0 spiro atoms. The fourth-order valence-corrected chi connectivity index (χ4v) is 4.19. The number of rotatable bonds is 5. The molecule has 1 aromatic carbocycles. The number of nitrogens with two attached hydrogens (primary N) is 1. The van der Waals surface area contributed by atoms with Gasteiger partial charge in [-0.1, -0.05) is 0 Å². The van der Waals surface area contributed by atoms with Gasteiger partial charge in [-0.3, -0.25) is 4.90 Å². The summed E-state index contributed by atoms with van der Waals surface area (Å²) in [7, 11) is -1.45. The normalized spacial score (nSPS) is 26.2. The monoisotopic (exact) mass is 339 g/mol. The molecule has 3 rings (SSSR count). The summed E-state index contributed by atoms with van der Waals surface area (Å²) in [5.41, 5.74) is 0. The predicted octanol–water partition coefficient (Wildman–Crippen LogP) is 0.739. The van der Waals surface area contributed by atoms with Crippen LogP contribution in [0.4, 0.5) is 0 Å². The summed E-state index contributed by atoms with van der Waals surface area (Å²) in [6.45, 7) is 5.03. The lowest BCUT2D eigenvalue weighted by Gasteiger charge is -2.36. The largest absolute Gasteiger partial charge is 0.492 e. The van der Waals surface area contributed by atoms with Gasteiger partial charge in [0.2, 0.25) is 10.0 Å². The summed E-state index contributed by atoms with van der Waals surface area (Å²) in [6.07, 6.45) is 2.59. The zero-order chi connectivity index (χ0) is 16.4. The first-order chi connectivity index (χ1) is 10.9. The number of nitrogens with zero attached hydrogens (tertiary/aromatic N) is 2. The number of fused-ring (bicyclic) bond motifs is 1. The minimum Gasteiger partial charge on any atom is -0.492 e. The van der Waals surface area contributed by atoms with Gasteiger partial charge < -0.3 is 9.64 Å².